The van der Waals surface area contributed by atoms with Gasteiger partial charge >= 0.3 is 6.03 Å². The van der Waals surface area contributed by atoms with Crippen molar-refractivity contribution in [2.45, 2.75) is 25.7 Å². The van der Waals surface area contributed by atoms with Gasteiger partial charge in [-0.25, -0.2) is 4.79 Å². The molecule has 0 aromatic carbocycles. The molecule has 1 rings (SSSR count). The van der Waals surface area contributed by atoms with E-state index in [1.165, 1.54) is 0 Å². The second-order valence-electron chi connectivity index (χ2n) is 5.67. The van der Waals surface area contributed by atoms with Crippen molar-refractivity contribution in [3.8, 4) is 0 Å². The average molecular weight is 326 g/mol. The molecular formula is C16H26N2O5. The van der Waals surface area contributed by atoms with Crippen LogP contribution < -0.4 is 10.6 Å². The predicted molar refractivity (Wildman–Crippen MR) is 84.6 cm³/mol. The Bertz CT molecular complexity index is 418. The van der Waals surface area contributed by atoms with Crippen LogP contribution in [-0.2, 0) is 19.1 Å². The zero-order valence-corrected chi connectivity index (χ0v) is 13.8. The van der Waals surface area contributed by atoms with E-state index in [1.807, 2.05) is 6.08 Å². The molecule has 1 saturated heterocycles. The van der Waals surface area contributed by atoms with E-state index in [9.17, 15) is 14.4 Å². The van der Waals surface area contributed by atoms with Crippen LogP contribution in [0.15, 0.2) is 12.7 Å². The van der Waals surface area contributed by atoms with Crippen LogP contribution in [0, 0.1) is 17.8 Å². The highest BCUT2D eigenvalue weighted by Gasteiger charge is 2.42. The molecule has 23 heavy (non-hydrogen) atoms. The number of hydrogen-bond donors (Lipinski definition) is 2. The monoisotopic (exact) mass is 326 g/mol. The molecule has 1 aliphatic heterocycles. The minimum Gasteiger partial charge on any atom is -0.385 e. The maximum atomic E-state index is 12.2. The summed E-state index contributed by atoms with van der Waals surface area (Å²) >= 11 is 0. The van der Waals surface area contributed by atoms with Crippen LogP contribution in [0.25, 0.3) is 0 Å². The first-order valence-corrected chi connectivity index (χ1v) is 7.79. The number of methoxy groups -OCH3 is 2. The number of nitrogens with one attached hydrogen (secondary N) is 2. The Balaban J connectivity index is 2.93. The Labute approximate surface area is 136 Å². The molecule has 0 aromatic heterocycles. The lowest BCUT2D eigenvalue weighted by Gasteiger charge is -2.33. The van der Waals surface area contributed by atoms with E-state index in [0.717, 1.165) is 19.3 Å². The SMILES string of the molecule is C=CCCCC(COC)C(CCOC)C1C(=O)NC(=O)NC1=O. The van der Waals surface area contributed by atoms with Crippen molar-refractivity contribution < 1.29 is 23.9 Å². The van der Waals surface area contributed by atoms with E-state index in [4.69, 9.17) is 9.47 Å². The quantitative estimate of drug-likeness (QED) is 0.338. The standard InChI is InChI=1S/C16H26N2O5/c1-4-5-6-7-11(10-23-3)12(8-9-22-2)13-14(19)17-16(21)18-15(13)20/h4,11-13H,1,5-10H2,2-3H3,(H2,17,18,19,20,21). The summed E-state index contributed by atoms with van der Waals surface area (Å²) in [6.45, 7) is 4.57. The summed E-state index contributed by atoms with van der Waals surface area (Å²) in [5.74, 6) is -2.25. The number of unbranched alkanes of at least 4 members (excludes halogenated alkanes) is 1. The molecule has 1 aliphatic rings. The highest BCUT2D eigenvalue weighted by molar-refractivity contribution is 6.16. The Kier molecular flexibility index (Phi) is 8.50. The molecule has 0 spiro atoms. The first kappa shape index (κ1) is 19.3. The van der Waals surface area contributed by atoms with Gasteiger partial charge in [0.2, 0.25) is 11.8 Å². The van der Waals surface area contributed by atoms with Gasteiger partial charge in [0.1, 0.15) is 5.92 Å². The van der Waals surface area contributed by atoms with Crippen molar-refractivity contribution in [3.63, 3.8) is 0 Å². The molecule has 1 fully saturated rings. The minimum absolute atomic E-state index is 0.0183. The number of imide groups is 2. The van der Waals surface area contributed by atoms with Crippen LogP contribution in [0.2, 0.25) is 0 Å². The maximum Gasteiger partial charge on any atom is 0.328 e. The Hall–Kier alpha value is -1.73. The van der Waals surface area contributed by atoms with Gasteiger partial charge < -0.3 is 9.47 Å². The van der Waals surface area contributed by atoms with Crippen molar-refractivity contribution in [2.24, 2.45) is 17.8 Å². The highest BCUT2D eigenvalue weighted by atomic mass is 16.5. The van der Waals surface area contributed by atoms with E-state index in [1.54, 1.807) is 14.2 Å². The van der Waals surface area contributed by atoms with Gasteiger partial charge in [-0.2, -0.15) is 0 Å². The molecule has 0 bridgehead atoms. The zero-order valence-electron chi connectivity index (χ0n) is 13.8. The van der Waals surface area contributed by atoms with Gasteiger partial charge in [-0.1, -0.05) is 6.08 Å². The number of allylic oxidation sites excluding steroid dienone is 1. The molecule has 7 nitrogen and oxygen atoms in total. The summed E-state index contributed by atoms with van der Waals surface area (Å²) in [5.41, 5.74) is 0. The third-order valence-corrected chi connectivity index (χ3v) is 4.09. The molecule has 130 valence electrons. The topological polar surface area (TPSA) is 93.7 Å². The number of carbonyl (C=O) groups excluding carboxylic acids is 3. The van der Waals surface area contributed by atoms with Gasteiger partial charge in [0.05, 0.1) is 0 Å². The summed E-state index contributed by atoms with van der Waals surface area (Å²) in [4.78, 5) is 35.6. The molecule has 0 saturated carbocycles. The van der Waals surface area contributed by atoms with Crippen LogP contribution in [-0.4, -0.2) is 45.3 Å². The predicted octanol–water partition coefficient (Wildman–Crippen LogP) is 1.24. The van der Waals surface area contributed by atoms with Crippen molar-refractivity contribution >= 4 is 17.8 Å². The highest BCUT2D eigenvalue weighted by Crippen LogP contribution is 2.31. The molecule has 1 heterocycles. The van der Waals surface area contributed by atoms with E-state index in [2.05, 4.69) is 17.2 Å². The van der Waals surface area contributed by atoms with Crippen LogP contribution in [0.5, 0.6) is 0 Å². The largest absolute Gasteiger partial charge is 0.385 e. The molecule has 7 heteroatoms. The number of amides is 4. The molecular weight excluding hydrogens is 300 g/mol. The van der Waals surface area contributed by atoms with E-state index >= 15 is 0 Å². The number of barbiturate groups is 1. The first-order chi connectivity index (χ1) is 11.0. The smallest absolute Gasteiger partial charge is 0.328 e. The van der Waals surface area contributed by atoms with Gasteiger partial charge in [-0.15, -0.1) is 6.58 Å². The number of carbonyl (C=O) groups is 3. The van der Waals surface area contributed by atoms with Crippen molar-refractivity contribution in [1.82, 2.24) is 10.6 Å². The molecule has 2 atom stereocenters. The molecule has 2 N–H and O–H groups in total. The normalized spacial score (nSPS) is 18.3. The summed E-state index contributed by atoms with van der Waals surface area (Å²) < 4.78 is 10.4. The van der Waals surface area contributed by atoms with E-state index < -0.39 is 23.8 Å². The average Bonchev–Trinajstić information content (AvgIpc) is 2.49. The molecule has 0 aliphatic carbocycles. The lowest BCUT2D eigenvalue weighted by molar-refractivity contribution is -0.140. The third kappa shape index (κ3) is 5.76. The van der Waals surface area contributed by atoms with E-state index in [-0.39, 0.29) is 11.8 Å². The van der Waals surface area contributed by atoms with Crippen LogP contribution >= 0.6 is 0 Å². The van der Waals surface area contributed by atoms with Gasteiger partial charge in [0.25, 0.3) is 0 Å². The van der Waals surface area contributed by atoms with Gasteiger partial charge in [0, 0.05) is 27.4 Å². The Morgan fingerprint density at radius 2 is 1.78 bits per heavy atom. The summed E-state index contributed by atoms with van der Waals surface area (Å²) in [6.07, 6.45) is 4.94. The second-order valence-corrected chi connectivity index (χ2v) is 5.67. The lowest BCUT2D eigenvalue weighted by Crippen LogP contribution is -2.58. The van der Waals surface area contributed by atoms with Crippen LogP contribution in [0.4, 0.5) is 4.79 Å². The van der Waals surface area contributed by atoms with Crippen molar-refractivity contribution in [1.29, 1.82) is 0 Å². The molecule has 0 aromatic rings. The van der Waals surface area contributed by atoms with Gasteiger partial charge in [-0.05, 0) is 37.5 Å². The van der Waals surface area contributed by atoms with Gasteiger partial charge in [0.15, 0.2) is 0 Å². The Morgan fingerprint density at radius 3 is 2.30 bits per heavy atom. The zero-order chi connectivity index (χ0) is 17.2. The number of urea groups is 1. The fourth-order valence-corrected chi connectivity index (χ4v) is 3.01. The molecule has 0 radical (unpaired) electrons. The fourth-order valence-electron chi connectivity index (χ4n) is 3.01. The van der Waals surface area contributed by atoms with E-state index in [0.29, 0.717) is 19.6 Å². The summed E-state index contributed by atoms with van der Waals surface area (Å²) in [6, 6.07) is -0.767. The Morgan fingerprint density at radius 1 is 1.13 bits per heavy atom. The number of rotatable bonds is 11. The van der Waals surface area contributed by atoms with Crippen LogP contribution in [0.1, 0.15) is 25.7 Å². The maximum absolute atomic E-state index is 12.2. The molecule has 4 amide bonds. The third-order valence-electron chi connectivity index (χ3n) is 4.09. The minimum atomic E-state index is -0.910. The summed E-state index contributed by atoms with van der Waals surface area (Å²) in [5, 5.41) is 4.35. The molecule has 2 unspecified atom stereocenters. The van der Waals surface area contributed by atoms with Crippen molar-refractivity contribution in [3.05, 3.63) is 12.7 Å². The second kappa shape index (κ2) is 10.1. The van der Waals surface area contributed by atoms with Crippen molar-refractivity contribution in [2.75, 3.05) is 27.4 Å². The number of ether oxygens (including phenoxy) is 2. The lowest BCUT2D eigenvalue weighted by atomic mass is 9.76. The van der Waals surface area contributed by atoms with Crippen LogP contribution in [0.3, 0.4) is 0 Å². The first-order valence-electron chi connectivity index (χ1n) is 7.79. The summed E-state index contributed by atoms with van der Waals surface area (Å²) in [7, 11) is 3.17. The fraction of sp³-hybridized carbons (Fsp3) is 0.688. The number of hydrogen-bond acceptors (Lipinski definition) is 5. The van der Waals surface area contributed by atoms with Gasteiger partial charge in [-0.3, -0.25) is 20.2 Å².